The summed E-state index contributed by atoms with van der Waals surface area (Å²) in [6.07, 6.45) is -1.54. The number of benzene rings is 1. The zero-order valence-electron chi connectivity index (χ0n) is 6.92. The van der Waals surface area contributed by atoms with E-state index in [2.05, 4.69) is 4.74 Å². The van der Waals surface area contributed by atoms with Crippen molar-refractivity contribution in [3.8, 4) is 0 Å². The molecule has 0 aliphatic rings. The lowest BCUT2D eigenvalue weighted by Crippen LogP contribution is -2.15. The van der Waals surface area contributed by atoms with Crippen LogP contribution in [0.25, 0.3) is 0 Å². The fraction of sp³-hybridized carbons (Fsp3) is 0.125. The summed E-state index contributed by atoms with van der Waals surface area (Å²) in [5, 5.41) is 10.5. The highest BCUT2D eigenvalue weighted by Gasteiger charge is 2.25. The smallest absolute Gasteiger partial charge is 0.382 e. The van der Waals surface area contributed by atoms with E-state index in [1.807, 2.05) is 0 Å². The highest BCUT2D eigenvalue weighted by atomic mass is 35.5. The van der Waals surface area contributed by atoms with Crippen LogP contribution < -0.4 is 0 Å². The van der Waals surface area contributed by atoms with Gasteiger partial charge in [0.15, 0.2) is 0 Å². The summed E-state index contributed by atoms with van der Waals surface area (Å²) in [5.41, 5.74) is -0.929. The molecule has 0 aliphatic heterocycles. The predicted molar refractivity (Wildman–Crippen MR) is 48.5 cm³/mol. The molecule has 0 spiro atoms. The van der Waals surface area contributed by atoms with E-state index in [9.17, 15) is 14.9 Å². The Morgan fingerprint density at radius 1 is 1.43 bits per heavy atom. The molecule has 1 atom stereocenters. The molecule has 0 fully saturated rings. The van der Waals surface area contributed by atoms with Crippen molar-refractivity contribution in [3.05, 3.63) is 46.0 Å². The monoisotopic (exact) mass is 215 g/mol. The maximum absolute atomic E-state index is 10.5. The van der Waals surface area contributed by atoms with Crippen molar-refractivity contribution >= 4 is 17.0 Å². The maximum Gasteiger partial charge on any atom is 0.409 e. The van der Waals surface area contributed by atoms with Crippen molar-refractivity contribution in [2.75, 3.05) is 0 Å². The van der Waals surface area contributed by atoms with Gasteiger partial charge in [-0.3, -0.25) is 10.1 Å². The molecule has 0 aromatic heterocycles. The minimum absolute atomic E-state index is 0.270. The van der Waals surface area contributed by atoms with E-state index >= 15 is 0 Å². The topological polar surface area (TPSA) is 69.4 Å². The largest absolute Gasteiger partial charge is 0.409 e. The molecule has 14 heavy (non-hydrogen) atoms. The maximum atomic E-state index is 10.5. The Bertz CT molecular complexity index is 340. The normalized spacial score (nSPS) is 11.8. The third-order valence-corrected chi connectivity index (χ3v) is 1.57. The van der Waals surface area contributed by atoms with Gasteiger partial charge in [-0.05, 0) is 12.1 Å². The van der Waals surface area contributed by atoms with Gasteiger partial charge in [-0.1, -0.05) is 18.2 Å². The van der Waals surface area contributed by atoms with Gasteiger partial charge in [0.1, 0.15) is 0 Å². The quantitative estimate of drug-likeness (QED) is 0.336. The van der Waals surface area contributed by atoms with E-state index < -0.39 is 16.6 Å². The van der Waals surface area contributed by atoms with Crippen LogP contribution in [0.1, 0.15) is 11.8 Å². The zero-order chi connectivity index (χ0) is 10.6. The first-order chi connectivity index (χ1) is 6.61. The van der Waals surface area contributed by atoms with Gasteiger partial charge >= 0.3 is 11.7 Å². The lowest BCUT2D eigenvalue weighted by atomic mass is 10.2. The van der Waals surface area contributed by atoms with E-state index in [0.717, 1.165) is 0 Å². The lowest BCUT2D eigenvalue weighted by Gasteiger charge is -2.07. The Morgan fingerprint density at radius 2 is 2.00 bits per heavy atom. The highest BCUT2D eigenvalue weighted by Crippen LogP contribution is 2.18. The van der Waals surface area contributed by atoms with Crippen LogP contribution in [0.3, 0.4) is 0 Å². The first kappa shape index (κ1) is 10.5. The lowest BCUT2D eigenvalue weighted by molar-refractivity contribution is -0.574. The molecule has 1 aromatic carbocycles. The average Bonchev–Trinajstić information content (AvgIpc) is 2.15. The van der Waals surface area contributed by atoms with E-state index in [4.69, 9.17) is 11.6 Å². The van der Waals surface area contributed by atoms with Gasteiger partial charge in [-0.2, -0.15) is 0 Å². The molecule has 74 valence electrons. The van der Waals surface area contributed by atoms with Gasteiger partial charge in [-0.25, -0.2) is 4.79 Å². The molecule has 1 aromatic rings. The second-order valence-electron chi connectivity index (χ2n) is 2.40. The zero-order valence-corrected chi connectivity index (χ0v) is 7.68. The van der Waals surface area contributed by atoms with E-state index in [-0.39, 0.29) is 5.56 Å². The molecule has 0 saturated heterocycles. The van der Waals surface area contributed by atoms with Crippen LogP contribution in [0.15, 0.2) is 30.3 Å². The Hall–Kier alpha value is -1.62. The number of carbonyl (C=O) groups is 1. The number of hydrogen-bond donors (Lipinski definition) is 0. The van der Waals surface area contributed by atoms with Crippen LogP contribution in [-0.4, -0.2) is 10.4 Å². The highest BCUT2D eigenvalue weighted by molar-refractivity contribution is 6.61. The van der Waals surface area contributed by atoms with Gasteiger partial charge in [-0.15, -0.1) is 0 Å². The molecular weight excluding hydrogens is 210 g/mol. The molecule has 0 amide bonds. The van der Waals surface area contributed by atoms with Gasteiger partial charge in [0.2, 0.25) is 0 Å². The number of hydrogen-bond acceptors (Lipinski definition) is 4. The summed E-state index contributed by atoms with van der Waals surface area (Å²) in [7, 11) is 0. The Balaban J connectivity index is 2.89. The third kappa shape index (κ3) is 2.70. The number of nitrogens with zero attached hydrogens (tertiary/aromatic N) is 1. The summed E-state index contributed by atoms with van der Waals surface area (Å²) < 4.78 is 4.33. The van der Waals surface area contributed by atoms with Crippen molar-refractivity contribution in [3.63, 3.8) is 0 Å². The molecule has 0 aliphatic carbocycles. The molecule has 5 nitrogen and oxygen atoms in total. The molecule has 0 radical (unpaired) electrons. The second kappa shape index (κ2) is 4.57. The number of ether oxygens (including phenoxy) is 1. The summed E-state index contributed by atoms with van der Waals surface area (Å²) in [5.74, 6) is 0. The minimum atomic E-state index is -1.54. The third-order valence-electron chi connectivity index (χ3n) is 1.48. The van der Waals surface area contributed by atoms with E-state index in [0.29, 0.717) is 0 Å². The molecule has 0 saturated carbocycles. The molecule has 0 bridgehead atoms. The SMILES string of the molecule is O=C(Cl)OC(c1ccccc1)[N+](=O)[O-]. The number of rotatable bonds is 3. The van der Waals surface area contributed by atoms with E-state index in [1.54, 1.807) is 18.2 Å². The number of carbonyl (C=O) groups excluding carboxylic acids is 1. The second-order valence-corrected chi connectivity index (χ2v) is 2.71. The van der Waals surface area contributed by atoms with Crippen molar-refractivity contribution in [1.29, 1.82) is 0 Å². The van der Waals surface area contributed by atoms with Gasteiger partial charge < -0.3 is 4.74 Å². The predicted octanol–water partition coefficient (Wildman–Crippen LogP) is 2.34. The van der Waals surface area contributed by atoms with Crippen LogP contribution in [0.5, 0.6) is 0 Å². The average molecular weight is 216 g/mol. The Kier molecular flexibility index (Phi) is 3.41. The van der Waals surface area contributed by atoms with Crippen molar-refractivity contribution < 1.29 is 14.5 Å². The fourth-order valence-electron chi connectivity index (χ4n) is 0.938. The fourth-order valence-corrected chi connectivity index (χ4v) is 1.02. The summed E-state index contributed by atoms with van der Waals surface area (Å²) in [6, 6.07) is 7.87. The van der Waals surface area contributed by atoms with Crippen LogP contribution >= 0.6 is 11.6 Å². The van der Waals surface area contributed by atoms with Gasteiger partial charge in [0.05, 0.1) is 10.5 Å². The van der Waals surface area contributed by atoms with Gasteiger partial charge in [0, 0.05) is 11.6 Å². The minimum Gasteiger partial charge on any atom is -0.382 e. The first-order valence-corrected chi connectivity index (χ1v) is 4.03. The van der Waals surface area contributed by atoms with Gasteiger partial charge in [0.25, 0.3) is 0 Å². The van der Waals surface area contributed by atoms with Crippen LogP contribution in [0, 0.1) is 10.1 Å². The first-order valence-electron chi connectivity index (χ1n) is 3.66. The van der Waals surface area contributed by atoms with E-state index in [1.165, 1.54) is 12.1 Å². The molecule has 0 N–H and O–H groups in total. The van der Waals surface area contributed by atoms with Crippen molar-refractivity contribution in [2.45, 2.75) is 6.23 Å². The Morgan fingerprint density at radius 3 is 2.43 bits per heavy atom. The number of halogens is 1. The summed E-state index contributed by atoms with van der Waals surface area (Å²) in [4.78, 5) is 20.1. The molecule has 1 unspecified atom stereocenters. The van der Waals surface area contributed by atoms with Crippen LogP contribution in [-0.2, 0) is 4.74 Å². The van der Waals surface area contributed by atoms with Crippen LogP contribution in [0.4, 0.5) is 4.79 Å². The van der Waals surface area contributed by atoms with Crippen LogP contribution in [0.2, 0.25) is 0 Å². The summed E-state index contributed by atoms with van der Waals surface area (Å²) in [6.45, 7) is 0. The molecule has 6 heteroatoms. The number of nitro groups is 1. The molecular formula is C8H6ClNO4. The standard InChI is InChI=1S/C8H6ClNO4/c9-8(11)14-7(10(12)13)6-4-2-1-3-5-6/h1-5,7H. The van der Waals surface area contributed by atoms with Crippen molar-refractivity contribution in [2.24, 2.45) is 0 Å². The summed E-state index contributed by atoms with van der Waals surface area (Å²) >= 11 is 4.90. The molecule has 0 heterocycles. The molecule has 1 rings (SSSR count). The van der Waals surface area contributed by atoms with Crippen molar-refractivity contribution in [1.82, 2.24) is 0 Å². The Labute approximate surface area is 84.4 Å².